The van der Waals surface area contributed by atoms with Crippen LogP contribution in [-0.4, -0.2) is 101 Å². The van der Waals surface area contributed by atoms with Crippen molar-refractivity contribution in [3.63, 3.8) is 0 Å². The lowest BCUT2D eigenvalue weighted by atomic mass is 9.85. The third kappa shape index (κ3) is 7.98. The van der Waals surface area contributed by atoms with Gasteiger partial charge in [0.2, 0.25) is 11.8 Å². The number of carbonyl (C=O) groups is 4. The van der Waals surface area contributed by atoms with E-state index >= 15 is 0 Å². The minimum atomic E-state index is -0.392. The zero-order valence-electron chi connectivity index (χ0n) is 32.1. The van der Waals surface area contributed by atoms with Crippen molar-refractivity contribution in [1.82, 2.24) is 29.5 Å². The zero-order chi connectivity index (χ0) is 38.9. The Balaban J connectivity index is 0.830. The second-order valence-electron chi connectivity index (χ2n) is 15.9. The first-order valence-corrected chi connectivity index (χ1v) is 19.9. The number of likely N-dealkylation sites (N-methyl/N-ethyl adjacent to an activating group) is 1. The molecule has 4 fully saturated rings. The fourth-order valence-corrected chi connectivity index (χ4v) is 8.70. The van der Waals surface area contributed by atoms with Crippen LogP contribution in [-0.2, 0) is 16.1 Å². The predicted molar refractivity (Wildman–Crippen MR) is 212 cm³/mol. The van der Waals surface area contributed by atoms with Gasteiger partial charge in [0.15, 0.2) is 0 Å². The molecule has 2 aliphatic heterocycles. The van der Waals surface area contributed by atoms with E-state index in [0.29, 0.717) is 42.2 Å². The lowest BCUT2D eigenvalue weighted by molar-refractivity contribution is -0.137. The van der Waals surface area contributed by atoms with E-state index < -0.39 is 6.04 Å². The van der Waals surface area contributed by atoms with Crippen LogP contribution in [0, 0.1) is 5.92 Å². The van der Waals surface area contributed by atoms with Crippen molar-refractivity contribution < 1.29 is 23.9 Å². The van der Waals surface area contributed by atoms with E-state index in [1.54, 1.807) is 35.0 Å². The summed E-state index contributed by atoms with van der Waals surface area (Å²) in [5, 5.41) is 11.0. The van der Waals surface area contributed by atoms with Gasteiger partial charge in [-0.25, -0.2) is 0 Å². The van der Waals surface area contributed by atoms with Crippen LogP contribution >= 0.6 is 0 Å². The van der Waals surface area contributed by atoms with Crippen LogP contribution in [0.1, 0.15) is 89.7 Å². The van der Waals surface area contributed by atoms with Crippen LogP contribution < -0.4 is 25.8 Å². The number of amides is 3. The summed E-state index contributed by atoms with van der Waals surface area (Å²) in [4.78, 5) is 69.2. The number of aldehydes is 1. The molecule has 0 spiro atoms. The number of rotatable bonds is 12. The first-order chi connectivity index (χ1) is 27.2. The molecule has 1 atom stereocenters. The molecule has 294 valence electrons. The van der Waals surface area contributed by atoms with Crippen LogP contribution in [0.5, 0.6) is 5.75 Å². The van der Waals surface area contributed by atoms with Gasteiger partial charge in [-0.1, -0.05) is 6.07 Å². The zero-order valence-corrected chi connectivity index (χ0v) is 32.1. The van der Waals surface area contributed by atoms with Gasteiger partial charge in [-0.15, -0.1) is 0 Å². The number of methoxy groups -OCH3 is 1. The number of hydrogen-bond acceptors (Lipinski definition) is 10. The molecule has 14 nitrogen and oxygen atoms in total. The topological polar surface area (TPSA) is 151 Å². The Labute approximate surface area is 325 Å². The molecule has 4 aliphatic rings. The summed E-state index contributed by atoms with van der Waals surface area (Å²) in [5.74, 6) is 0.122. The van der Waals surface area contributed by atoms with Gasteiger partial charge in [-0.3, -0.25) is 43.8 Å². The Morgan fingerprint density at radius 3 is 2.46 bits per heavy atom. The van der Waals surface area contributed by atoms with Gasteiger partial charge in [0.05, 0.1) is 30.3 Å². The highest BCUT2D eigenvalue weighted by Crippen LogP contribution is 2.36. The quantitative estimate of drug-likeness (QED) is 0.157. The molecular formula is C42H50N8O6. The standard InChI is InChI=1S/C42H50N8O6/c1-46(37-13-14-39(52)44-41(37)54)24-28-7-10-33(20-30(28)26-51)48-18-16-47(17-19-48)23-27-5-8-32(9-6-27)50-25-29-21-34(38(56-2)22-36(29)45-50)40(53)43-35-4-3-15-49(42(35)55)31-11-12-31/h3-4,7,10,15,20-22,25-27,31-32,37H,5-6,8-9,11-14,16-19,23-24H2,1-2H3,(H,43,53)(H,44,52,54). The molecule has 2 saturated carbocycles. The number of piperidine rings is 1. The molecule has 2 N–H and O–H groups in total. The predicted octanol–water partition coefficient (Wildman–Crippen LogP) is 4.40. The summed E-state index contributed by atoms with van der Waals surface area (Å²) in [5.41, 5.74) is 3.72. The number of ether oxygens (including phenoxy) is 1. The number of nitrogens with one attached hydrogen (secondary N) is 2. The highest BCUT2D eigenvalue weighted by atomic mass is 16.5. The van der Waals surface area contributed by atoms with Gasteiger partial charge >= 0.3 is 0 Å². The third-order valence-electron chi connectivity index (χ3n) is 12.1. The molecule has 2 aromatic heterocycles. The Kier molecular flexibility index (Phi) is 10.8. The SMILES string of the molecule is COc1cc2nn(C3CCC(CN4CCN(c5ccc(CN(C)C6CCC(=O)NC6=O)c(C=O)c5)CC4)CC3)cc2cc1C(=O)Nc1cccn(C2CC2)c1=O. The highest BCUT2D eigenvalue weighted by Gasteiger charge is 2.31. The first kappa shape index (κ1) is 37.6. The Bertz CT molecular complexity index is 2190. The van der Waals surface area contributed by atoms with Crippen molar-refractivity contribution in [2.45, 2.75) is 76.0 Å². The maximum absolute atomic E-state index is 13.4. The number of benzene rings is 2. The number of piperazine rings is 1. The third-order valence-corrected chi connectivity index (χ3v) is 12.1. The number of nitrogens with zero attached hydrogens (tertiary/aromatic N) is 6. The number of anilines is 2. The second-order valence-corrected chi connectivity index (χ2v) is 15.9. The molecule has 0 bridgehead atoms. The van der Waals surface area contributed by atoms with Crippen LogP contribution in [0.25, 0.3) is 10.9 Å². The van der Waals surface area contributed by atoms with Crippen molar-refractivity contribution in [2.75, 3.05) is 57.1 Å². The number of aromatic nitrogens is 3. The fourth-order valence-electron chi connectivity index (χ4n) is 8.70. The van der Waals surface area contributed by atoms with Crippen LogP contribution in [0.15, 0.2) is 59.7 Å². The van der Waals surface area contributed by atoms with Gasteiger partial charge < -0.3 is 19.5 Å². The lowest BCUT2D eigenvalue weighted by Crippen LogP contribution is -2.51. The molecule has 14 heteroatoms. The molecule has 56 heavy (non-hydrogen) atoms. The molecule has 2 saturated heterocycles. The average molecular weight is 763 g/mol. The number of fused-ring (bicyclic) bond motifs is 1. The Morgan fingerprint density at radius 2 is 1.75 bits per heavy atom. The van der Waals surface area contributed by atoms with Gasteiger partial charge in [0.25, 0.3) is 11.5 Å². The molecule has 4 aromatic rings. The van der Waals surface area contributed by atoms with Gasteiger partial charge in [0, 0.05) is 86.8 Å². The molecule has 3 amide bonds. The van der Waals surface area contributed by atoms with Gasteiger partial charge in [-0.05, 0) is 93.8 Å². The second kappa shape index (κ2) is 16.0. The first-order valence-electron chi connectivity index (χ1n) is 19.9. The van der Waals surface area contributed by atoms with Gasteiger partial charge in [-0.2, -0.15) is 5.10 Å². The molecular weight excluding hydrogens is 713 g/mol. The van der Waals surface area contributed by atoms with Crippen molar-refractivity contribution in [1.29, 1.82) is 0 Å². The molecule has 2 aliphatic carbocycles. The van der Waals surface area contributed by atoms with Crippen LogP contribution in [0.2, 0.25) is 0 Å². The Hall–Kier alpha value is -5.34. The van der Waals surface area contributed by atoms with E-state index in [1.165, 1.54) is 7.11 Å². The normalized spacial score (nSPS) is 22.0. The fraction of sp³-hybridized carbons (Fsp3) is 0.476. The monoisotopic (exact) mass is 762 g/mol. The summed E-state index contributed by atoms with van der Waals surface area (Å²) in [6.45, 7) is 5.20. The maximum atomic E-state index is 13.4. The number of pyridine rings is 1. The van der Waals surface area contributed by atoms with E-state index in [-0.39, 0.29) is 41.1 Å². The molecule has 2 aromatic carbocycles. The molecule has 0 radical (unpaired) electrons. The van der Waals surface area contributed by atoms with E-state index in [1.807, 2.05) is 30.3 Å². The van der Waals surface area contributed by atoms with E-state index in [4.69, 9.17) is 9.84 Å². The summed E-state index contributed by atoms with van der Waals surface area (Å²) in [7, 11) is 3.39. The minimum Gasteiger partial charge on any atom is -0.496 e. The van der Waals surface area contributed by atoms with Crippen LogP contribution in [0.3, 0.4) is 0 Å². The minimum absolute atomic E-state index is 0.194. The van der Waals surface area contributed by atoms with Crippen molar-refractivity contribution in [2.24, 2.45) is 5.92 Å². The van der Waals surface area contributed by atoms with E-state index in [2.05, 4.69) is 31.2 Å². The highest BCUT2D eigenvalue weighted by molar-refractivity contribution is 6.08. The summed E-state index contributed by atoms with van der Waals surface area (Å²) in [6.07, 6.45) is 11.7. The summed E-state index contributed by atoms with van der Waals surface area (Å²) >= 11 is 0. The smallest absolute Gasteiger partial charge is 0.274 e. The maximum Gasteiger partial charge on any atom is 0.274 e. The number of imide groups is 1. The Morgan fingerprint density at radius 1 is 0.982 bits per heavy atom. The van der Waals surface area contributed by atoms with E-state index in [0.717, 1.165) is 99.7 Å². The van der Waals surface area contributed by atoms with E-state index in [9.17, 15) is 24.0 Å². The number of hydrogen-bond donors (Lipinski definition) is 2. The van der Waals surface area contributed by atoms with Crippen molar-refractivity contribution in [3.05, 3.63) is 81.9 Å². The van der Waals surface area contributed by atoms with Crippen LogP contribution in [0.4, 0.5) is 11.4 Å². The molecule has 1 unspecified atom stereocenters. The number of carbonyl (C=O) groups excluding carboxylic acids is 4. The summed E-state index contributed by atoms with van der Waals surface area (Å²) < 4.78 is 9.35. The summed E-state index contributed by atoms with van der Waals surface area (Å²) in [6, 6.07) is 13.2. The largest absolute Gasteiger partial charge is 0.496 e. The average Bonchev–Trinajstić information content (AvgIpc) is 3.97. The molecule has 4 heterocycles. The molecule has 8 rings (SSSR count). The van der Waals surface area contributed by atoms with Crippen molar-refractivity contribution >= 4 is 46.3 Å². The lowest BCUT2D eigenvalue weighted by Gasteiger charge is -2.39. The van der Waals surface area contributed by atoms with Crippen molar-refractivity contribution in [3.8, 4) is 5.75 Å². The van der Waals surface area contributed by atoms with Gasteiger partial charge in [0.1, 0.15) is 17.7 Å².